The van der Waals surface area contributed by atoms with E-state index in [1.54, 1.807) is 0 Å². The van der Waals surface area contributed by atoms with E-state index in [-0.39, 0.29) is 0 Å². The van der Waals surface area contributed by atoms with Gasteiger partial charge < -0.3 is 11.1 Å². The number of rotatable bonds is 4. The lowest BCUT2D eigenvalue weighted by Crippen LogP contribution is -2.30. The van der Waals surface area contributed by atoms with E-state index in [1.165, 1.54) is 12.8 Å². The van der Waals surface area contributed by atoms with Crippen LogP contribution in [0.4, 0.5) is 0 Å². The van der Waals surface area contributed by atoms with Crippen LogP contribution in [0.2, 0.25) is 0 Å². The van der Waals surface area contributed by atoms with Gasteiger partial charge in [0.25, 0.3) is 0 Å². The SMILES string of the molecule is Cn1ccc(CCNC2CCC(N)C2)n1. The first kappa shape index (κ1) is 10.6. The third kappa shape index (κ3) is 3.04. The molecule has 1 aliphatic carbocycles. The molecule has 0 aliphatic heterocycles. The van der Waals surface area contributed by atoms with Gasteiger partial charge in [-0.1, -0.05) is 0 Å². The highest BCUT2D eigenvalue weighted by atomic mass is 15.2. The molecule has 1 fully saturated rings. The molecular formula is C11H20N4. The molecule has 1 aromatic rings. The van der Waals surface area contributed by atoms with Gasteiger partial charge in [0.1, 0.15) is 0 Å². The number of aromatic nitrogens is 2. The van der Waals surface area contributed by atoms with Crippen molar-refractivity contribution in [3.63, 3.8) is 0 Å². The molecule has 0 aromatic carbocycles. The predicted molar refractivity (Wildman–Crippen MR) is 60.5 cm³/mol. The summed E-state index contributed by atoms with van der Waals surface area (Å²) in [6.45, 7) is 1.01. The number of nitrogens with zero attached hydrogens (tertiary/aromatic N) is 2. The Kier molecular flexibility index (Phi) is 3.38. The van der Waals surface area contributed by atoms with Gasteiger partial charge in [-0.15, -0.1) is 0 Å². The molecule has 1 heterocycles. The summed E-state index contributed by atoms with van der Waals surface area (Å²) in [6.07, 6.45) is 6.51. The van der Waals surface area contributed by atoms with Crippen molar-refractivity contribution in [2.75, 3.05) is 6.54 Å². The molecule has 0 saturated heterocycles. The molecule has 3 N–H and O–H groups in total. The van der Waals surface area contributed by atoms with Gasteiger partial charge in [0.15, 0.2) is 0 Å². The van der Waals surface area contributed by atoms with Crippen LogP contribution in [-0.4, -0.2) is 28.4 Å². The fourth-order valence-corrected chi connectivity index (χ4v) is 2.20. The summed E-state index contributed by atoms with van der Waals surface area (Å²) in [5.74, 6) is 0. The van der Waals surface area contributed by atoms with E-state index in [2.05, 4.69) is 16.5 Å². The molecule has 0 radical (unpaired) electrons. The van der Waals surface area contributed by atoms with Crippen LogP contribution >= 0.6 is 0 Å². The summed E-state index contributed by atoms with van der Waals surface area (Å²) in [6, 6.07) is 3.11. The third-order valence-corrected chi connectivity index (χ3v) is 3.06. The van der Waals surface area contributed by atoms with E-state index in [4.69, 9.17) is 5.73 Å². The van der Waals surface area contributed by atoms with Crippen molar-refractivity contribution in [3.8, 4) is 0 Å². The quantitative estimate of drug-likeness (QED) is 0.754. The Labute approximate surface area is 90.8 Å². The summed E-state index contributed by atoms with van der Waals surface area (Å²) in [5, 5.41) is 7.88. The highest BCUT2D eigenvalue weighted by molar-refractivity contribution is 4.99. The Balaban J connectivity index is 1.67. The number of nitrogens with two attached hydrogens (primary N) is 1. The minimum absolute atomic E-state index is 0.414. The van der Waals surface area contributed by atoms with Crippen LogP contribution in [0.25, 0.3) is 0 Å². The summed E-state index contributed by atoms with van der Waals surface area (Å²) >= 11 is 0. The second-order valence-electron chi connectivity index (χ2n) is 4.45. The van der Waals surface area contributed by atoms with E-state index >= 15 is 0 Å². The van der Waals surface area contributed by atoms with E-state index in [0.717, 1.165) is 25.1 Å². The summed E-state index contributed by atoms with van der Waals surface area (Å²) in [4.78, 5) is 0. The third-order valence-electron chi connectivity index (χ3n) is 3.06. The first-order valence-corrected chi connectivity index (χ1v) is 5.71. The molecule has 2 unspecified atom stereocenters. The number of hydrogen-bond acceptors (Lipinski definition) is 3. The largest absolute Gasteiger partial charge is 0.328 e. The highest BCUT2D eigenvalue weighted by Gasteiger charge is 2.20. The maximum atomic E-state index is 5.86. The lowest BCUT2D eigenvalue weighted by molar-refractivity contribution is 0.517. The predicted octanol–water partition coefficient (Wildman–Crippen LogP) is 0.432. The molecule has 4 heteroatoms. The molecule has 4 nitrogen and oxygen atoms in total. The second kappa shape index (κ2) is 4.77. The van der Waals surface area contributed by atoms with Gasteiger partial charge in [-0.2, -0.15) is 5.10 Å². The van der Waals surface area contributed by atoms with Crippen molar-refractivity contribution >= 4 is 0 Å². The van der Waals surface area contributed by atoms with Crippen LogP contribution in [0.1, 0.15) is 25.0 Å². The van der Waals surface area contributed by atoms with Crippen LogP contribution < -0.4 is 11.1 Å². The normalized spacial score (nSPS) is 26.0. The first-order valence-electron chi connectivity index (χ1n) is 5.71. The minimum atomic E-state index is 0.414. The number of hydrogen-bond donors (Lipinski definition) is 2. The Hall–Kier alpha value is -0.870. The molecule has 15 heavy (non-hydrogen) atoms. The maximum absolute atomic E-state index is 5.86. The van der Waals surface area contributed by atoms with Gasteiger partial charge in [0, 0.05) is 38.3 Å². The van der Waals surface area contributed by atoms with E-state index < -0.39 is 0 Å². The minimum Gasteiger partial charge on any atom is -0.328 e. The molecule has 0 bridgehead atoms. The molecule has 2 atom stereocenters. The van der Waals surface area contributed by atoms with Crippen molar-refractivity contribution in [3.05, 3.63) is 18.0 Å². The van der Waals surface area contributed by atoms with E-state index in [1.807, 2.05) is 17.9 Å². The molecule has 0 spiro atoms. The monoisotopic (exact) mass is 208 g/mol. The molecule has 0 amide bonds. The van der Waals surface area contributed by atoms with Gasteiger partial charge in [0.05, 0.1) is 5.69 Å². The Bertz CT molecular complexity index is 307. The van der Waals surface area contributed by atoms with E-state index in [0.29, 0.717) is 12.1 Å². The fourth-order valence-electron chi connectivity index (χ4n) is 2.20. The van der Waals surface area contributed by atoms with Crippen LogP contribution in [0, 0.1) is 0 Å². The molecule has 1 aromatic heterocycles. The first-order chi connectivity index (χ1) is 7.24. The summed E-state index contributed by atoms with van der Waals surface area (Å²) in [5.41, 5.74) is 7.02. The van der Waals surface area contributed by atoms with Crippen LogP contribution in [-0.2, 0) is 13.5 Å². The van der Waals surface area contributed by atoms with Crippen LogP contribution in [0.3, 0.4) is 0 Å². The molecule has 84 valence electrons. The summed E-state index contributed by atoms with van der Waals surface area (Å²) < 4.78 is 1.85. The van der Waals surface area contributed by atoms with Crippen molar-refractivity contribution < 1.29 is 0 Å². The maximum Gasteiger partial charge on any atom is 0.0637 e. The molecule has 1 saturated carbocycles. The van der Waals surface area contributed by atoms with Crippen molar-refractivity contribution in [2.45, 2.75) is 37.8 Å². The highest BCUT2D eigenvalue weighted by Crippen LogP contribution is 2.16. The topological polar surface area (TPSA) is 55.9 Å². The lowest BCUT2D eigenvalue weighted by Gasteiger charge is -2.10. The van der Waals surface area contributed by atoms with Crippen molar-refractivity contribution in [1.29, 1.82) is 0 Å². The van der Waals surface area contributed by atoms with Gasteiger partial charge in [-0.3, -0.25) is 4.68 Å². The van der Waals surface area contributed by atoms with Gasteiger partial charge >= 0.3 is 0 Å². The Morgan fingerprint density at radius 1 is 1.60 bits per heavy atom. The lowest BCUT2D eigenvalue weighted by atomic mass is 10.2. The Morgan fingerprint density at radius 2 is 2.47 bits per heavy atom. The van der Waals surface area contributed by atoms with Crippen molar-refractivity contribution in [1.82, 2.24) is 15.1 Å². The van der Waals surface area contributed by atoms with Gasteiger partial charge in [-0.25, -0.2) is 0 Å². The molecular weight excluding hydrogens is 188 g/mol. The fraction of sp³-hybridized carbons (Fsp3) is 0.727. The second-order valence-corrected chi connectivity index (χ2v) is 4.45. The standard InChI is InChI=1S/C11H20N4/c1-15-7-5-10(14-15)4-6-13-11-3-2-9(12)8-11/h5,7,9,11,13H,2-4,6,8,12H2,1H3. The van der Waals surface area contributed by atoms with Crippen LogP contribution in [0.5, 0.6) is 0 Å². The van der Waals surface area contributed by atoms with Gasteiger partial charge in [-0.05, 0) is 25.3 Å². The molecule has 2 rings (SSSR count). The zero-order valence-corrected chi connectivity index (χ0v) is 9.32. The zero-order chi connectivity index (χ0) is 10.7. The summed E-state index contributed by atoms with van der Waals surface area (Å²) in [7, 11) is 1.95. The smallest absolute Gasteiger partial charge is 0.0637 e. The average Bonchev–Trinajstić information content (AvgIpc) is 2.76. The Morgan fingerprint density at radius 3 is 3.07 bits per heavy atom. The van der Waals surface area contributed by atoms with Crippen molar-refractivity contribution in [2.24, 2.45) is 12.8 Å². The van der Waals surface area contributed by atoms with Gasteiger partial charge in [0.2, 0.25) is 0 Å². The van der Waals surface area contributed by atoms with E-state index in [9.17, 15) is 0 Å². The zero-order valence-electron chi connectivity index (χ0n) is 9.32. The number of nitrogens with one attached hydrogen (secondary N) is 1. The molecule has 1 aliphatic rings. The average molecular weight is 208 g/mol. The number of aryl methyl sites for hydroxylation is 1. The van der Waals surface area contributed by atoms with Crippen LogP contribution in [0.15, 0.2) is 12.3 Å².